The Morgan fingerprint density at radius 1 is 1.53 bits per heavy atom. The number of nitrogens with zero attached hydrogens (tertiary/aromatic N) is 2. The van der Waals surface area contributed by atoms with Crippen LogP contribution in [0.1, 0.15) is 12.0 Å². The predicted octanol–water partition coefficient (Wildman–Crippen LogP) is 1.69. The van der Waals surface area contributed by atoms with E-state index in [1.54, 1.807) is 17.8 Å². The molecule has 0 bridgehead atoms. The molecule has 0 saturated carbocycles. The van der Waals surface area contributed by atoms with Crippen LogP contribution < -0.4 is 5.73 Å². The number of nitro benzene ring substituents is 1. The number of hydrogen-bond donors (Lipinski definition) is 2. The summed E-state index contributed by atoms with van der Waals surface area (Å²) in [5, 5.41) is 20.2. The molecule has 0 amide bonds. The maximum Gasteiger partial charge on any atom is 0.303 e. The predicted molar refractivity (Wildman–Crippen MR) is 69.9 cm³/mol. The van der Waals surface area contributed by atoms with Gasteiger partial charge in [0.2, 0.25) is 0 Å². The molecular weight excluding hydrogens is 250 g/mol. The largest absolute Gasteiger partial charge is 0.481 e. The highest BCUT2D eigenvalue weighted by Crippen LogP contribution is 2.34. The number of carboxylic acids is 1. The van der Waals surface area contributed by atoms with Gasteiger partial charge in [0, 0.05) is 25.7 Å². The number of carboxylic acid groups (broad SMARTS) is 1. The van der Waals surface area contributed by atoms with E-state index in [0.717, 1.165) is 0 Å². The third-order valence-electron chi connectivity index (χ3n) is 3.02. The van der Waals surface area contributed by atoms with Gasteiger partial charge >= 0.3 is 5.97 Å². The first kappa shape index (κ1) is 12.9. The van der Waals surface area contributed by atoms with Gasteiger partial charge in [0.25, 0.3) is 5.69 Å². The van der Waals surface area contributed by atoms with Gasteiger partial charge < -0.3 is 15.4 Å². The summed E-state index contributed by atoms with van der Waals surface area (Å²) < 4.78 is 1.69. The quantitative estimate of drug-likeness (QED) is 0.495. The molecule has 0 fully saturated rings. The molecule has 3 N–H and O–H groups in total. The Hall–Kier alpha value is -2.57. The minimum absolute atomic E-state index is 0.0508. The van der Waals surface area contributed by atoms with E-state index in [2.05, 4.69) is 0 Å². The van der Waals surface area contributed by atoms with Crippen LogP contribution in [0.4, 0.5) is 11.4 Å². The smallest absolute Gasteiger partial charge is 0.303 e. The fourth-order valence-electron chi connectivity index (χ4n) is 2.24. The molecule has 0 spiro atoms. The van der Waals surface area contributed by atoms with Crippen LogP contribution >= 0.6 is 0 Å². The molecular formula is C12H13N3O4. The molecule has 0 unspecified atom stereocenters. The molecule has 1 aromatic carbocycles. The Morgan fingerprint density at radius 2 is 2.21 bits per heavy atom. The summed E-state index contributed by atoms with van der Waals surface area (Å²) in [6.07, 6.45) is 1.85. The highest BCUT2D eigenvalue weighted by molar-refractivity contribution is 5.99. The number of benzene rings is 1. The van der Waals surface area contributed by atoms with Gasteiger partial charge in [0.1, 0.15) is 0 Å². The second kappa shape index (κ2) is 4.60. The molecule has 0 aliphatic carbocycles. The fourth-order valence-corrected chi connectivity index (χ4v) is 2.24. The number of nitrogens with two attached hydrogens (primary N) is 1. The topological polar surface area (TPSA) is 111 Å². The maximum atomic E-state index is 11.1. The van der Waals surface area contributed by atoms with E-state index in [1.807, 2.05) is 0 Å². The molecule has 2 aromatic rings. The summed E-state index contributed by atoms with van der Waals surface area (Å²) in [5.41, 5.74) is 7.41. The Bertz CT molecular complexity index is 675. The van der Waals surface area contributed by atoms with Crippen molar-refractivity contribution in [3.8, 4) is 0 Å². The van der Waals surface area contributed by atoms with Crippen LogP contribution in [0.3, 0.4) is 0 Å². The SMILES string of the molecule is Cn1cc(CCC(=O)O)c2c([N+](=O)[O-])ccc(N)c21. The molecule has 0 saturated heterocycles. The fraction of sp³-hybridized carbons (Fsp3) is 0.250. The van der Waals surface area contributed by atoms with Gasteiger partial charge in [-0.1, -0.05) is 0 Å². The maximum absolute atomic E-state index is 11.1. The number of anilines is 1. The minimum Gasteiger partial charge on any atom is -0.481 e. The standard InChI is InChI=1S/C12H13N3O4/c1-14-6-7(2-5-10(16)17)11-9(15(18)19)4-3-8(13)12(11)14/h3-4,6H,2,5,13H2,1H3,(H,16,17). The number of nitro groups is 1. The molecule has 19 heavy (non-hydrogen) atoms. The second-order valence-electron chi connectivity index (χ2n) is 4.31. The van der Waals surface area contributed by atoms with Crippen LogP contribution in [0, 0.1) is 10.1 Å². The number of aromatic nitrogens is 1. The van der Waals surface area contributed by atoms with E-state index in [0.29, 0.717) is 22.2 Å². The number of rotatable bonds is 4. The first-order chi connectivity index (χ1) is 8.91. The van der Waals surface area contributed by atoms with Crippen molar-refractivity contribution in [1.29, 1.82) is 0 Å². The molecule has 0 aliphatic heterocycles. The van der Waals surface area contributed by atoms with Crippen molar-refractivity contribution in [3.05, 3.63) is 34.0 Å². The van der Waals surface area contributed by atoms with Crippen molar-refractivity contribution in [3.63, 3.8) is 0 Å². The third kappa shape index (κ3) is 2.22. The van der Waals surface area contributed by atoms with E-state index >= 15 is 0 Å². The number of aryl methyl sites for hydroxylation is 2. The van der Waals surface area contributed by atoms with Crippen LogP contribution in [-0.4, -0.2) is 20.6 Å². The molecule has 0 aliphatic rings. The van der Waals surface area contributed by atoms with Crippen LogP contribution in [-0.2, 0) is 18.3 Å². The van der Waals surface area contributed by atoms with Crippen molar-refractivity contribution in [2.75, 3.05) is 5.73 Å². The van der Waals surface area contributed by atoms with Crippen molar-refractivity contribution in [2.24, 2.45) is 7.05 Å². The number of non-ortho nitro benzene ring substituents is 1. The van der Waals surface area contributed by atoms with Gasteiger partial charge in [-0.15, -0.1) is 0 Å². The number of fused-ring (bicyclic) bond motifs is 1. The lowest BCUT2D eigenvalue weighted by atomic mass is 10.1. The van der Waals surface area contributed by atoms with Crippen LogP contribution in [0.5, 0.6) is 0 Å². The van der Waals surface area contributed by atoms with Gasteiger partial charge in [0.05, 0.1) is 21.5 Å². The number of aliphatic carboxylic acids is 1. The monoisotopic (exact) mass is 263 g/mol. The van der Waals surface area contributed by atoms with Gasteiger partial charge in [-0.3, -0.25) is 14.9 Å². The van der Waals surface area contributed by atoms with Crippen molar-refractivity contribution >= 4 is 28.2 Å². The Labute approximate surface area is 108 Å². The minimum atomic E-state index is -0.941. The third-order valence-corrected chi connectivity index (χ3v) is 3.02. The molecule has 0 radical (unpaired) electrons. The van der Waals surface area contributed by atoms with E-state index < -0.39 is 10.9 Å². The van der Waals surface area contributed by atoms with Gasteiger partial charge in [-0.05, 0) is 18.1 Å². The van der Waals surface area contributed by atoms with Crippen molar-refractivity contribution in [1.82, 2.24) is 4.57 Å². The van der Waals surface area contributed by atoms with E-state index in [9.17, 15) is 14.9 Å². The van der Waals surface area contributed by atoms with Crippen molar-refractivity contribution in [2.45, 2.75) is 12.8 Å². The summed E-state index contributed by atoms with van der Waals surface area (Å²) in [4.78, 5) is 21.2. The summed E-state index contributed by atoms with van der Waals surface area (Å²) in [7, 11) is 1.73. The van der Waals surface area contributed by atoms with E-state index in [1.165, 1.54) is 12.1 Å². The molecule has 100 valence electrons. The van der Waals surface area contributed by atoms with E-state index in [4.69, 9.17) is 10.8 Å². The molecule has 2 rings (SSSR count). The Morgan fingerprint density at radius 3 is 2.79 bits per heavy atom. The highest BCUT2D eigenvalue weighted by Gasteiger charge is 2.20. The normalized spacial score (nSPS) is 10.8. The number of nitrogen functional groups attached to an aromatic ring is 1. The molecule has 1 aromatic heterocycles. The summed E-state index contributed by atoms with van der Waals surface area (Å²) in [5.74, 6) is -0.941. The lowest BCUT2D eigenvalue weighted by molar-refractivity contribution is -0.383. The van der Waals surface area contributed by atoms with Crippen LogP contribution in [0.15, 0.2) is 18.3 Å². The zero-order valence-electron chi connectivity index (χ0n) is 10.3. The highest BCUT2D eigenvalue weighted by atomic mass is 16.6. The molecule has 7 nitrogen and oxygen atoms in total. The summed E-state index contributed by atoms with van der Waals surface area (Å²) in [6.45, 7) is 0. The molecule has 1 heterocycles. The van der Waals surface area contributed by atoms with Gasteiger partial charge in [0.15, 0.2) is 0 Å². The number of hydrogen-bond acceptors (Lipinski definition) is 4. The lowest BCUT2D eigenvalue weighted by Gasteiger charge is -2.02. The zero-order valence-corrected chi connectivity index (χ0v) is 10.3. The Kier molecular flexibility index (Phi) is 3.12. The van der Waals surface area contributed by atoms with Crippen LogP contribution in [0.2, 0.25) is 0 Å². The summed E-state index contributed by atoms with van der Waals surface area (Å²) in [6, 6.07) is 2.84. The second-order valence-corrected chi connectivity index (χ2v) is 4.31. The number of carbonyl (C=O) groups is 1. The molecule has 0 atom stereocenters. The average Bonchev–Trinajstić information content (AvgIpc) is 2.65. The summed E-state index contributed by atoms with van der Waals surface area (Å²) >= 11 is 0. The first-order valence-corrected chi connectivity index (χ1v) is 5.64. The molecule has 7 heteroatoms. The van der Waals surface area contributed by atoms with Crippen LogP contribution in [0.25, 0.3) is 10.9 Å². The Balaban J connectivity index is 2.67. The van der Waals surface area contributed by atoms with E-state index in [-0.39, 0.29) is 18.5 Å². The lowest BCUT2D eigenvalue weighted by Crippen LogP contribution is -1.98. The first-order valence-electron chi connectivity index (χ1n) is 5.64. The van der Waals surface area contributed by atoms with Gasteiger partial charge in [-0.2, -0.15) is 0 Å². The zero-order chi connectivity index (χ0) is 14.2. The van der Waals surface area contributed by atoms with Crippen molar-refractivity contribution < 1.29 is 14.8 Å². The average molecular weight is 263 g/mol. The van der Waals surface area contributed by atoms with Gasteiger partial charge in [-0.25, -0.2) is 0 Å².